The van der Waals surface area contributed by atoms with Crippen molar-refractivity contribution < 1.29 is 9.32 Å². The van der Waals surface area contributed by atoms with Crippen molar-refractivity contribution in [2.45, 2.75) is 46.6 Å². The number of aromatic nitrogens is 3. The summed E-state index contributed by atoms with van der Waals surface area (Å²) < 4.78 is 5.13. The van der Waals surface area contributed by atoms with Crippen molar-refractivity contribution in [2.24, 2.45) is 5.92 Å². The van der Waals surface area contributed by atoms with Gasteiger partial charge in [0.2, 0.25) is 0 Å². The minimum absolute atomic E-state index is 0.234. The number of rotatable bonds is 5. The molecule has 2 heterocycles. The average molecular weight is 308 g/mol. The normalized spacial score (nSPS) is 11.9. The van der Waals surface area contributed by atoms with Crippen molar-refractivity contribution >= 4 is 17.2 Å². The third-order valence-electron chi connectivity index (χ3n) is 2.86. The van der Waals surface area contributed by atoms with Crippen LogP contribution in [0, 0.1) is 12.8 Å². The van der Waals surface area contributed by atoms with Crippen LogP contribution in [-0.4, -0.2) is 21.0 Å². The molecule has 0 spiro atoms. The van der Waals surface area contributed by atoms with E-state index >= 15 is 0 Å². The molecule has 7 heteroatoms. The Bertz CT molecular complexity index is 630. The van der Waals surface area contributed by atoms with Crippen LogP contribution in [0.4, 0.5) is 0 Å². The Labute approximate surface area is 128 Å². The summed E-state index contributed by atoms with van der Waals surface area (Å²) in [5, 5.41) is 9.38. The Morgan fingerprint density at radius 2 is 2.14 bits per heavy atom. The lowest BCUT2D eigenvalue weighted by Crippen LogP contribution is -2.41. The summed E-state index contributed by atoms with van der Waals surface area (Å²) in [6.45, 7) is 9.63. The van der Waals surface area contributed by atoms with Gasteiger partial charge in [-0.1, -0.05) is 19.0 Å². The lowest BCUT2D eigenvalue weighted by atomic mass is 10.1. The second-order valence-electron chi connectivity index (χ2n) is 5.95. The molecule has 0 bridgehead atoms. The highest BCUT2D eigenvalue weighted by Gasteiger charge is 2.30. The summed E-state index contributed by atoms with van der Waals surface area (Å²) in [5.74, 6) is 1.21. The Morgan fingerprint density at radius 3 is 2.71 bits per heavy atom. The molecule has 0 aliphatic rings. The van der Waals surface area contributed by atoms with E-state index in [1.165, 1.54) is 11.3 Å². The predicted molar refractivity (Wildman–Crippen MR) is 80.2 cm³/mol. The Morgan fingerprint density at radius 1 is 1.43 bits per heavy atom. The quantitative estimate of drug-likeness (QED) is 0.918. The van der Waals surface area contributed by atoms with E-state index in [9.17, 15) is 4.79 Å². The number of amides is 1. The van der Waals surface area contributed by atoms with E-state index in [0.717, 1.165) is 11.4 Å². The van der Waals surface area contributed by atoms with Gasteiger partial charge in [0.15, 0.2) is 5.82 Å². The molecule has 1 N–H and O–H groups in total. The molecular weight excluding hydrogens is 288 g/mol. The molecule has 0 saturated heterocycles. The standard InChI is InChI=1S/C14H20N4O2S/c1-8(2)6-11-16-10(7-21-11)12(19)17-14(4,5)13-15-9(3)18-20-13/h7-8H,6H2,1-5H3,(H,17,19). The van der Waals surface area contributed by atoms with Gasteiger partial charge >= 0.3 is 0 Å². The van der Waals surface area contributed by atoms with Crippen molar-refractivity contribution in [3.05, 3.63) is 27.8 Å². The van der Waals surface area contributed by atoms with Gasteiger partial charge in [-0.25, -0.2) is 4.98 Å². The first kappa shape index (κ1) is 15.6. The molecule has 2 rings (SSSR count). The average Bonchev–Trinajstić information content (AvgIpc) is 2.97. The first-order chi connectivity index (χ1) is 9.78. The lowest BCUT2D eigenvalue weighted by Gasteiger charge is -2.21. The van der Waals surface area contributed by atoms with Gasteiger partial charge < -0.3 is 9.84 Å². The van der Waals surface area contributed by atoms with Gasteiger partial charge in [-0.3, -0.25) is 4.79 Å². The van der Waals surface area contributed by atoms with Gasteiger partial charge in [-0.2, -0.15) is 4.98 Å². The monoisotopic (exact) mass is 308 g/mol. The SMILES string of the molecule is Cc1noc(C(C)(C)NC(=O)c2csc(CC(C)C)n2)n1. The Hall–Kier alpha value is -1.76. The zero-order chi connectivity index (χ0) is 15.6. The van der Waals surface area contributed by atoms with E-state index in [2.05, 4.69) is 34.3 Å². The number of hydrogen-bond donors (Lipinski definition) is 1. The largest absolute Gasteiger partial charge is 0.337 e. The first-order valence-corrected chi connectivity index (χ1v) is 7.73. The fourth-order valence-electron chi connectivity index (χ4n) is 1.81. The Kier molecular flexibility index (Phi) is 4.41. The second-order valence-corrected chi connectivity index (χ2v) is 6.89. The van der Waals surface area contributed by atoms with Crippen LogP contribution in [0.2, 0.25) is 0 Å². The number of hydrogen-bond acceptors (Lipinski definition) is 6. The zero-order valence-corrected chi connectivity index (χ0v) is 13.7. The fraction of sp³-hybridized carbons (Fsp3) is 0.571. The number of carbonyl (C=O) groups excluding carboxylic acids is 1. The minimum atomic E-state index is -0.736. The summed E-state index contributed by atoms with van der Waals surface area (Å²) in [6.07, 6.45) is 0.879. The molecule has 2 aromatic rings. The molecule has 0 aliphatic carbocycles. The molecule has 0 saturated carbocycles. The number of thiazole rings is 1. The van der Waals surface area contributed by atoms with Crippen LogP contribution in [-0.2, 0) is 12.0 Å². The predicted octanol–water partition coefficient (Wildman–Crippen LogP) is 2.70. The van der Waals surface area contributed by atoms with E-state index in [1.54, 1.807) is 12.3 Å². The zero-order valence-electron chi connectivity index (χ0n) is 12.9. The Balaban J connectivity index is 2.08. The van der Waals surface area contributed by atoms with Crippen LogP contribution < -0.4 is 5.32 Å². The van der Waals surface area contributed by atoms with Gasteiger partial charge in [0.05, 0.1) is 5.01 Å². The van der Waals surface area contributed by atoms with Crippen LogP contribution >= 0.6 is 11.3 Å². The van der Waals surface area contributed by atoms with Gasteiger partial charge in [0, 0.05) is 11.8 Å². The number of nitrogens with zero attached hydrogens (tertiary/aromatic N) is 3. The summed E-state index contributed by atoms with van der Waals surface area (Å²) >= 11 is 1.51. The van der Waals surface area contributed by atoms with Crippen molar-refractivity contribution in [1.82, 2.24) is 20.4 Å². The molecular formula is C14H20N4O2S. The molecule has 0 aliphatic heterocycles. The van der Waals surface area contributed by atoms with Gasteiger partial charge in [-0.05, 0) is 26.7 Å². The lowest BCUT2D eigenvalue weighted by molar-refractivity contribution is 0.0890. The summed E-state index contributed by atoms with van der Waals surface area (Å²) in [5.41, 5.74) is -0.305. The van der Waals surface area contributed by atoms with Gasteiger partial charge in [0.1, 0.15) is 11.2 Å². The van der Waals surface area contributed by atoms with E-state index in [1.807, 2.05) is 13.8 Å². The maximum Gasteiger partial charge on any atom is 0.271 e. The van der Waals surface area contributed by atoms with Crippen molar-refractivity contribution in [3.63, 3.8) is 0 Å². The topological polar surface area (TPSA) is 80.9 Å². The van der Waals surface area contributed by atoms with Crippen LogP contribution in [0.15, 0.2) is 9.90 Å². The van der Waals surface area contributed by atoms with Crippen molar-refractivity contribution in [1.29, 1.82) is 0 Å². The highest BCUT2D eigenvalue weighted by molar-refractivity contribution is 7.09. The highest BCUT2D eigenvalue weighted by atomic mass is 32.1. The van der Waals surface area contributed by atoms with Crippen molar-refractivity contribution in [3.8, 4) is 0 Å². The molecule has 6 nitrogen and oxygen atoms in total. The van der Waals surface area contributed by atoms with Crippen LogP contribution in [0.5, 0.6) is 0 Å². The van der Waals surface area contributed by atoms with Crippen molar-refractivity contribution in [2.75, 3.05) is 0 Å². The number of carbonyl (C=O) groups is 1. The molecule has 114 valence electrons. The van der Waals surface area contributed by atoms with E-state index in [0.29, 0.717) is 23.3 Å². The number of nitrogens with one attached hydrogen (secondary N) is 1. The van der Waals surface area contributed by atoms with E-state index in [-0.39, 0.29) is 5.91 Å². The van der Waals surface area contributed by atoms with Crippen LogP contribution in [0.1, 0.15) is 54.9 Å². The molecule has 0 fully saturated rings. The third kappa shape index (κ3) is 3.87. The molecule has 21 heavy (non-hydrogen) atoms. The maximum absolute atomic E-state index is 12.3. The van der Waals surface area contributed by atoms with E-state index in [4.69, 9.17) is 4.52 Å². The molecule has 0 atom stereocenters. The van der Waals surface area contributed by atoms with E-state index < -0.39 is 5.54 Å². The molecule has 0 unspecified atom stereocenters. The van der Waals surface area contributed by atoms with Gasteiger partial charge in [0.25, 0.3) is 11.8 Å². The number of aryl methyl sites for hydroxylation is 1. The minimum Gasteiger partial charge on any atom is -0.337 e. The smallest absolute Gasteiger partial charge is 0.271 e. The third-order valence-corrected chi connectivity index (χ3v) is 3.73. The van der Waals surface area contributed by atoms with Crippen LogP contribution in [0.3, 0.4) is 0 Å². The molecule has 2 aromatic heterocycles. The summed E-state index contributed by atoms with van der Waals surface area (Å²) in [7, 11) is 0. The molecule has 0 aromatic carbocycles. The van der Waals surface area contributed by atoms with Crippen LogP contribution in [0.25, 0.3) is 0 Å². The summed E-state index contributed by atoms with van der Waals surface area (Å²) in [6, 6.07) is 0. The molecule has 1 amide bonds. The fourth-order valence-corrected chi connectivity index (χ4v) is 2.80. The molecule has 0 radical (unpaired) electrons. The maximum atomic E-state index is 12.3. The summed E-state index contributed by atoms with van der Waals surface area (Å²) in [4.78, 5) is 20.8. The van der Waals surface area contributed by atoms with Gasteiger partial charge in [-0.15, -0.1) is 11.3 Å². The first-order valence-electron chi connectivity index (χ1n) is 6.85. The second kappa shape index (κ2) is 5.93. The highest BCUT2D eigenvalue weighted by Crippen LogP contribution is 2.20.